The highest BCUT2D eigenvalue weighted by Gasteiger charge is 2.09. The van der Waals surface area contributed by atoms with Crippen LogP contribution in [0.25, 0.3) is 0 Å². The molecule has 3 nitrogen and oxygen atoms in total. The van der Waals surface area contributed by atoms with Crippen LogP contribution in [0.4, 0.5) is 8.78 Å². The number of hydrogen-bond acceptors (Lipinski definition) is 3. The van der Waals surface area contributed by atoms with E-state index in [-0.39, 0.29) is 5.56 Å². The summed E-state index contributed by atoms with van der Waals surface area (Å²) in [4.78, 5) is 0. The molecule has 0 aliphatic heterocycles. The first-order valence-electron chi connectivity index (χ1n) is 3.25. The molecule has 0 saturated heterocycles. The molecule has 0 amide bonds. The Hall–Kier alpha value is -1.96. The SMILES string of the molecule is N#Cc1c(F)cc(C=NO)cc1F. The summed E-state index contributed by atoms with van der Waals surface area (Å²) in [5, 5.41) is 19.0. The number of rotatable bonds is 1. The first kappa shape index (κ1) is 9.13. The fraction of sp³-hybridized carbons (Fsp3) is 0. The minimum atomic E-state index is -0.975. The van der Waals surface area contributed by atoms with Crippen LogP contribution in [0.1, 0.15) is 11.1 Å². The van der Waals surface area contributed by atoms with E-state index in [0.717, 1.165) is 18.3 Å². The topological polar surface area (TPSA) is 56.4 Å². The molecule has 13 heavy (non-hydrogen) atoms. The Balaban J connectivity index is 3.30. The molecule has 0 aromatic heterocycles. The van der Waals surface area contributed by atoms with Gasteiger partial charge in [0.1, 0.15) is 23.3 Å². The van der Waals surface area contributed by atoms with Gasteiger partial charge < -0.3 is 5.21 Å². The predicted octanol–water partition coefficient (Wildman–Crippen LogP) is 1.64. The molecule has 0 saturated carbocycles. The Labute approximate surface area is 72.5 Å². The molecule has 1 rings (SSSR count). The molecule has 0 radical (unpaired) electrons. The second-order valence-electron chi connectivity index (χ2n) is 2.22. The monoisotopic (exact) mass is 182 g/mol. The van der Waals surface area contributed by atoms with Gasteiger partial charge in [0.25, 0.3) is 0 Å². The molecule has 1 aromatic rings. The van der Waals surface area contributed by atoms with Crippen molar-refractivity contribution < 1.29 is 14.0 Å². The van der Waals surface area contributed by atoms with Gasteiger partial charge in [0.2, 0.25) is 0 Å². The van der Waals surface area contributed by atoms with Crippen molar-refractivity contribution in [2.75, 3.05) is 0 Å². The molecule has 0 aliphatic carbocycles. The number of halogens is 2. The van der Waals surface area contributed by atoms with Crippen LogP contribution in [0.2, 0.25) is 0 Å². The Bertz CT molecular complexity index is 373. The zero-order chi connectivity index (χ0) is 9.84. The molecule has 5 heteroatoms. The van der Waals surface area contributed by atoms with Crippen molar-refractivity contribution in [1.82, 2.24) is 0 Å². The molecule has 0 atom stereocenters. The van der Waals surface area contributed by atoms with E-state index in [4.69, 9.17) is 10.5 Å². The van der Waals surface area contributed by atoms with E-state index in [0.29, 0.717) is 0 Å². The summed E-state index contributed by atoms with van der Waals surface area (Å²) >= 11 is 0. The molecule has 1 N–H and O–H groups in total. The van der Waals surface area contributed by atoms with Crippen molar-refractivity contribution in [1.29, 1.82) is 5.26 Å². The zero-order valence-electron chi connectivity index (χ0n) is 6.33. The Morgan fingerprint density at radius 3 is 2.31 bits per heavy atom. The molecule has 0 heterocycles. The van der Waals surface area contributed by atoms with Gasteiger partial charge in [-0.1, -0.05) is 5.16 Å². The van der Waals surface area contributed by atoms with Gasteiger partial charge in [-0.2, -0.15) is 5.26 Å². The van der Waals surface area contributed by atoms with Crippen LogP contribution in [-0.4, -0.2) is 11.4 Å². The number of nitrogens with zero attached hydrogens (tertiary/aromatic N) is 2. The third-order valence-corrected chi connectivity index (χ3v) is 1.38. The van der Waals surface area contributed by atoms with Crippen molar-refractivity contribution >= 4 is 6.21 Å². The minimum Gasteiger partial charge on any atom is -0.411 e. The first-order valence-corrected chi connectivity index (χ1v) is 3.25. The summed E-state index contributed by atoms with van der Waals surface area (Å²) in [7, 11) is 0. The maximum Gasteiger partial charge on any atom is 0.144 e. The standard InChI is InChI=1S/C8H4F2N2O/c9-7-1-5(4-12-13)2-8(10)6(7)3-11/h1-2,4,13H. The van der Waals surface area contributed by atoms with Crippen LogP contribution < -0.4 is 0 Å². The van der Waals surface area contributed by atoms with E-state index < -0.39 is 17.2 Å². The molecule has 1 aromatic carbocycles. The first-order chi connectivity index (χ1) is 6.19. The summed E-state index contributed by atoms with van der Waals surface area (Å²) in [5.74, 6) is -1.95. The minimum absolute atomic E-state index is 0.0523. The van der Waals surface area contributed by atoms with Crippen molar-refractivity contribution in [3.05, 3.63) is 34.9 Å². The third-order valence-electron chi connectivity index (χ3n) is 1.38. The van der Waals surface area contributed by atoms with E-state index in [1.54, 1.807) is 0 Å². The average molecular weight is 182 g/mol. The van der Waals surface area contributed by atoms with Gasteiger partial charge in [0.15, 0.2) is 0 Å². The quantitative estimate of drug-likeness (QED) is 0.407. The van der Waals surface area contributed by atoms with Crippen molar-refractivity contribution in [3.8, 4) is 6.07 Å². The molecule has 66 valence electrons. The van der Waals surface area contributed by atoms with E-state index >= 15 is 0 Å². The van der Waals surface area contributed by atoms with Gasteiger partial charge in [-0.3, -0.25) is 0 Å². The highest BCUT2D eigenvalue weighted by atomic mass is 19.1. The molecular weight excluding hydrogens is 178 g/mol. The smallest absolute Gasteiger partial charge is 0.144 e. The van der Waals surface area contributed by atoms with Crippen LogP contribution in [-0.2, 0) is 0 Å². The van der Waals surface area contributed by atoms with Crippen LogP contribution in [0.15, 0.2) is 17.3 Å². The lowest BCUT2D eigenvalue weighted by Gasteiger charge is -1.97. The Morgan fingerprint density at radius 2 is 1.92 bits per heavy atom. The van der Waals surface area contributed by atoms with Crippen LogP contribution >= 0.6 is 0 Å². The molecule has 0 spiro atoms. The van der Waals surface area contributed by atoms with Crippen molar-refractivity contribution in [2.24, 2.45) is 5.16 Å². The van der Waals surface area contributed by atoms with E-state index in [1.165, 1.54) is 6.07 Å². The average Bonchev–Trinajstić information content (AvgIpc) is 2.04. The van der Waals surface area contributed by atoms with Gasteiger partial charge in [0.05, 0.1) is 6.21 Å². The van der Waals surface area contributed by atoms with Gasteiger partial charge >= 0.3 is 0 Å². The Kier molecular flexibility index (Phi) is 2.55. The second kappa shape index (κ2) is 3.63. The number of benzene rings is 1. The zero-order valence-corrected chi connectivity index (χ0v) is 6.33. The van der Waals surface area contributed by atoms with E-state index in [9.17, 15) is 8.78 Å². The van der Waals surface area contributed by atoms with Gasteiger partial charge in [0, 0.05) is 5.56 Å². The molecular formula is C8H4F2N2O. The van der Waals surface area contributed by atoms with Gasteiger partial charge in [-0.25, -0.2) is 8.78 Å². The van der Waals surface area contributed by atoms with Crippen LogP contribution in [0.5, 0.6) is 0 Å². The second-order valence-corrected chi connectivity index (χ2v) is 2.22. The lowest BCUT2D eigenvalue weighted by atomic mass is 10.1. The Morgan fingerprint density at radius 1 is 1.38 bits per heavy atom. The lowest BCUT2D eigenvalue weighted by Crippen LogP contribution is -1.93. The fourth-order valence-electron chi connectivity index (χ4n) is 0.841. The molecule has 0 bridgehead atoms. The number of hydrogen-bond donors (Lipinski definition) is 1. The molecule has 0 aliphatic rings. The number of oxime groups is 1. The summed E-state index contributed by atoms with van der Waals surface area (Å²) in [5.41, 5.74) is -0.591. The van der Waals surface area contributed by atoms with E-state index in [2.05, 4.69) is 5.16 Å². The predicted molar refractivity (Wildman–Crippen MR) is 40.5 cm³/mol. The van der Waals surface area contributed by atoms with Crippen LogP contribution in [0, 0.1) is 23.0 Å². The van der Waals surface area contributed by atoms with E-state index in [1.807, 2.05) is 0 Å². The third kappa shape index (κ3) is 1.79. The normalized spacial score (nSPS) is 10.2. The highest BCUT2D eigenvalue weighted by Crippen LogP contribution is 2.13. The maximum absolute atomic E-state index is 12.8. The van der Waals surface area contributed by atoms with Gasteiger partial charge in [-0.15, -0.1) is 0 Å². The summed E-state index contributed by atoms with van der Waals surface area (Å²) in [6.45, 7) is 0. The lowest BCUT2D eigenvalue weighted by molar-refractivity contribution is 0.322. The van der Waals surface area contributed by atoms with Crippen molar-refractivity contribution in [2.45, 2.75) is 0 Å². The fourth-order valence-corrected chi connectivity index (χ4v) is 0.841. The van der Waals surface area contributed by atoms with Crippen molar-refractivity contribution in [3.63, 3.8) is 0 Å². The largest absolute Gasteiger partial charge is 0.411 e. The maximum atomic E-state index is 12.8. The summed E-state index contributed by atoms with van der Waals surface area (Å²) < 4.78 is 25.7. The molecule has 0 unspecified atom stereocenters. The van der Waals surface area contributed by atoms with Crippen LogP contribution in [0.3, 0.4) is 0 Å². The highest BCUT2D eigenvalue weighted by molar-refractivity contribution is 5.79. The number of nitriles is 1. The van der Waals surface area contributed by atoms with Gasteiger partial charge in [-0.05, 0) is 12.1 Å². The molecule has 0 fully saturated rings. The summed E-state index contributed by atoms with van der Waals surface area (Å²) in [6, 6.07) is 3.18. The summed E-state index contributed by atoms with van der Waals surface area (Å²) in [6.07, 6.45) is 0.868.